The summed E-state index contributed by atoms with van der Waals surface area (Å²) in [6, 6.07) is 9.22. The maximum Gasteiger partial charge on any atom is 0.239 e. The predicted octanol–water partition coefficient (Wildman–Crippen LogP) is 3.77. The lowest BCUT2D eigenvalue weighted by Crippen LogP contribution is -2.41. The smallest absolute Gasteiger partial charge is 0.239 e. The SMILES string of the molecule is CC(=O)c1cccc(NC(=O)C(C)(C)C(=O)Nc2ccc(F)c(F)c2)c1. The molecule has 0 heterocycles. The summed E-state index contributed by atoms with van der Waals surface area (Å²) in [5.41, 5.74) is -0.673. The Labute approximate surface area is 149 Å². The van der Waals surface area contributed by atoms with Gasteiger partial charge in [0, 0.05) is 23.0 Å². The first-order chi connectivity index (χ1) is 12.1. The molecular formula is C19H18F2N2O3. The monoisotopic (exact) mass is 360 g/mol. The molecule has 2 aromatic carbocycles. The van der Waals surface area contributed by atoms with Crippen LogP contribution >= 0.6 is 0 Å². The molecule has 0 aliphatic rings. The highest BCUT2D eigenvalue weighted by Crippen LogP contribution is 2.23. The summed E-state index contributed by atoms with van der Waals surface area (Å²) in [5, 5.41) is 4.96. The van der Waals surface area contributed by atoms with Crippen molar-refractivity contribution in [3.8, 4) is 0 Å². The first-order valence-electron chi connectivity index (χ1n) is 7.80. The van der Waals surface area contributed by atoms with Gasteiger partial charge in [-0.3, -0.25) is 14.4 Å². The van der Waals surface area contributed by atoms with Gasteiger partial charge in [0.1, 0.15) is 5.41 Å². The molecule has 2 N–H and O–H groups in total. The minimum Gasteiger partial charge on any atom is -0.325 e. The number of hydrogen-bond acceptors (Lipinski definition) is 3. The van der Waals surface area contributed by atoms with E-state index in [0.29, 0.717) is 11.3 Å². The number of anilines is 2. The molecule has 0 unspecified atom stereocenters. The summed E-state index contributed by atoms with van der Waals surface area (Å²) in [6.45, 7) is 4.19. The van der Waals surface area contributed by atoms with Crippen molar-refractivity contribution in [3.63, 3.8) is 0 Å². The van der Waals surface area contributed by atoms with Crippen molar-refractivity contribution in [2.45, 2.75) is 20.8 Å². The van der Waals surface area contributed by atoms with E-state index in [4.69, 9.17) is 0 Å². The molecule has 0 saturated carbocycles. The first-order valence-corrected chi connectivity index (χ1v) is 7.80. The van der Waals surface area contributed by atoms with Crippen LogP contribution in [0.15, 0.2) is 42.5 Å². The molecule has 2 amide bonds. The van der Waals surface area contributed by atoms with Gasteiger partial charge in [-0.25, -0.2) is 8.78 Å². The fourth-order valence-electron chi connectivity index (χ4n) is 2.07. The van der Waals surface area contributed by atoms with E-state index in [1.807, 2.05) is 0 Å². The molecule has 136 valence electrons. The number of ketones is 1. The topological polar surface area (TPSA) is 75.3 Å². The number of carbonyl (C=O) groups is 3. The van der Waals surface area contributed by atoms with E-state index < -0.39 is 28.9 Å². The normalized spacial score (nSPS) is 11.0. The van der Waals surface area contributed by atoms with Gasteiger partial charge in [-0.05, 0) is 45.0 Å². The second-order valence-corrected chi connectivity index (χ2v) is 6.30. The Kier molecular flexibility index (Phi) is 5.50. The third kappa shape index (κ3) is 4.30. The second-order valence-electron chi connectivity index (χ2n) is 6.30. The summed E-state index contributed by atoms with van der Waals surface area (Å²) in [4.78, 5) is 36.3. The summed E-state index contributed by atoms with van der Waals surface area (Å²) in [7, 11) is 0. The van der Waals surface area contributed by atoms with Gasteiger partial charge in [0.05, 0.1) is 0 Å². The van der Waals surface area contributed by atoms with Crippen LogP contribution in [-0.4, -0.2) is 17.6 Å². The van der Waals surface area contributed by atoms with E-state index in [1.165, 1.54) is 32.9 Å². The number of rotatable bonds is 5. The summed E-state index contributed by atoms with van der Waals surface area (Å²) in [6.07, 6.45) is 0. The van der Waals surface area contributed by atoms with Crippen LogP contribution in [0.1, 0.15) is 31.1 Å². The van der Waals surface area contributed by atoms with E-state index in [-0.39, 0.29) is 11.5 Å². The largest absolute Gasteiger partial charge is 0.325 e. The number of amides is 2. The Hall–Kier alpha value is -3.09. The second kappa shape index (κ2) is 7.43. The average molecular weight is 360 g/mol. The molecule has 0 bridgehead atoms. The van der Waals surface area contributed by atoms with Gasteiger partial charge in [0.25, 0.3) is 0 Å². The van der Waals surface area contributed by atoms with E-state index in [1.54, 1.807) is 18.2 Å². The quantitative estimate of drug-likeness (QED) is 0.630. The molecule has 7 heteroatoms. The summed E-state index contributed by atoms with van der Waals surface area (Å²) >= 11 is 0. The fraction of sp³-hybridized carbons (Fsp3) is 0.211. The van der Waals surface area contributed by atoms with Crippen molar-refractivity contribution in [2.75, 3.05) is 10.6 Å². The van der Waals surface area contributed by atoms with Crippen molar-refractivity contribution in [2.24, 2.45) is 5.41 Å². The zero-order chi connectivity index (χ0) is 19.5. The van der Waals surface area contributed by atoms with Gasteiger partial charge < -0.3 is 10.6 Å². The lowest BCUT2D eigenvalue weighted by molar-refractivity contribution is -0.135. The molecular weight excluding hydrogens is 342 g/mol. The molecule has 0 aliphatic heterocycles. The van der Waals surface area contributed by atoms with Gasteiger partial charge in [-0.2, -0.15) is 0 Å². The van der Waals surface area contributed by atoms with Crippen LogP contribution in [0.4, 0.5) is 20.2 Å². The Morgan fingerprint density at radius 2 is 1.42 bits per heavy atom. The number of hydrogen-bond donors (Lipinski definition) is 2. The number of benzene rings is 2. The third-order valence-corrected chi connectivity index (χ3v) is 3.84. The molecule has 0 atom stereocenters. The van der Waals surface area contributed by atoms with Crippen LogP contribution < -0.4 is 10.6 Å². The van der Waals surface area contributed by atoms with E-state index in [9.17, 15) is 23.2 Å². The number of halogens is 2. The van der Waals surface area contributed by atoms with Crippen LogP contribution in [0.5, 0.6) is 0 Å². The number of Topliss-reactive ketones (excluding diaryl/α,β-unsaturated/α-hetero) is 1. The Morgan fingerprint density at radius 3 is 1.96 bits per heavy atom. The zero-order valence-electron chi connectivity index (χ0n) is 14.5. The van der Waals surface area contributed by atoms with E-state index in [0.717, 1.165) is 12.1 Å². The highest BCUT2D eigenvalue weighted by Gasteiger charge is 2.36. The van der Waals surface area contributed by atoms with Crippen molar-refractivity contribution >= 4 is 29.0 Å². The Morgan fingerprint density at radius 1 is 0.846 bits per heavy atom. The maximum atomic E-state index is 13.2. The predicted molar refractivity (Wildman–Crippen MR) is 93.8 cm³/mol. The van der Waals surface area contributed by atoms with Crippen LogP contribution in [0, 0.1) is 17.0 Å². The van der Waals surface area contributed by atoms with E-state index in [2.05, 4.69) is 10.6 Å². The standard InChI is InChI=1S/C19H18F2N2O3/c1-11(24)12-5-4-6-13(9-12)22-17(25)19(2,3)18(26)23-14-7-8-15(20)16(21)10-14/h4-10H,1-3H3,(H,22,25)(H,23,26). The molecule has 5 nitrogen and oxygen atoms in total. The Bertz CT molecular complexity index is 879. The van der Waals surface area contributed by atoms with Crippen molar-refractivity contribution in [3.05, 3.63) is 59.7 Å². The average Bonchev–Trinajstić information content (AvgIpc) is 2.58. The lowest BCUT2D eigenvalue weighted by atomic mass is 9.90. The lowest BCUT2D eigenvalue weighted by Gasteiger charge is -2.23. The first kappa shape index (κ1) is 19.2. The number of nitrogens with one attached hydrogen (secondary N) is 2. The van der Waals surface area contributed by atoms with Crippen molar-refractivity contribution in [1.82, 2.24) is 0 Å². The fourth-order valence-corrected chi connectivity index (χ4v) is 2.07. The minimum absolute atomic E-state index is 0.0355. The van der Waals surface area contributed by atoms with Gasteiger partial charge >= 0.3 is 0 Å². The van der Waals surface area contributed by atoms with Gasteiger partial charge in [-0.15, -0.1) is 0 Å². The summed E-state index contributed by atoms with van der Waals surface area (Å²) in [5.74, 6) is -3.60. The molecule has 0 aromatic heterocycles. The molecule has 0 saturated heterocycles. The molecule has 0 spiro atoms. The molecule has 0 fully saturated rings. The highest BCUT2D eigenvalue weighted by atomic mass is 19.2. The zero-order valence-corrected chi connectivity index (χ0v) is 14.5. The highest BCUT2D eigenvalue weighted by molar-refractivity contribution is 6.14. The van der Waals surface area contributed by atoms with Crippen LogP contribution in [0.25, 0.3) is 0 Å². The van der Waals surface area contributed by atoms with Crippen LogP contribution in [-0.2, 0) is 9.59 Å². The molecule has 0 radical (unpaired) electrons. The number of carbonyl (C=O) groups excluding carboxylic acids is 3. The van der Waals surface area contributed by atoms with Gasteiger partial charge in [-0.1, -0.05) is 12.1 Å². The van der Waals surface area contributed by atoms with E-state index >= 15 is 0 Å². The molecule has 26 heavy (non-hydrogen) atoms. The minimum atomic E-state index is -1.50. The van der Waals surface area contributed by atoms with Crippen molar-refractivity contribution in [1.29, 1.82) is 0 Å². The summed E-state index contributed by atoms with van der Waals surface area (Å²) < 4.78 is 26.2. The van der Waals surface area contributed by atoms with Crippen LogP contribution in [0.2, 0.25) is 0 Å². The molecule has 2 aromatic rings. The van der Waals surface area contributed by atoms with Crippen molar-refractivity contribution < 1.29 is 23.2 Å². The maximum absolute atomic E-state index is 13.2. The third-order valence-electron chi connectivity index (χ3n) is 3.84. The van der Waals surface area contributed by atoms with Gasteiger partial charge in [0.15, 0.2) is 17.4 Å². The van der Waals surface area contributed by atoms with Crippen LogP contribution in [0.3, 0.4) is 0 Å². The van der Waals surface area contributed by atoms with Gasteiger partial charge in [0.2, 0.25) is 11.8 Å². The Balaban J connectivity index is 2.13. The molecule has 0 aliphatic carbocycles. The molecule has 2 rings (SSSR count).